The van der Waals surface area contributed by atoms with E-state index in [1.54, 1.807) is 12.1 Å². The Bertz CT molecular complexity index is 782. The molecule has 0 aromatic heterocycles. The highest BCUT2D eigenvalue weighted by molar-refractivity contribution is 5.98. The molecule has 4 nitrogen and oxygen atoms in total. The third kappa shape index (κ3) is 2.31. The summed E-state index contributed by atoms with van der Waals surface area (Å²) in [5.74, 6) is 0.182. The first-order chi connectivity index (χ1) is 9.74. The van der Waals surface area contributed by atoms with Gasteiger partial charge in [-0.3, -0.25) is 0 Å². The van der Waals surface area contributed by atoms with Gasteiger partial charge in [-0.25, -0.2) is 0 Å². The predicted octanol–water partition coefficient (Wildman–Crippen LogP) is 4.54. The van der Waals surface area contributed by atoms with Crippen LogP contribution < -0.4 is 5.73 Å². The Hall–Kier alpha value is -2.88. The van der Waals surface area contributed by atoms with E-state index in [1.807, 2.05) is 48.5 Å². The lowest BCUT2D eigenvalue weighted by Gasteiger charge is -2.05. The minimum Gasteiger partial charge on any atom is -0.508 e. The molecule has 0 fully saturated rings. The number of aromatic hydroxyl groups is 1. The normalized spacial score (nSPS) is 11.2. The van der Waals surface area contributed by atoms with Gasteiger partial charge in [-0.05, 0) is 35.7 Å². The van der Waals surface area contributed by atoms with Gasteiger partial charge in [0.25, 0.3) is 0 Å². The van der Waals surface area contributed by atoms with Gasteiger partial charge in [0.2, 0.25) is 0 Å². The van der Waals surface area contributed by atoms with E-state index in [2.05, 4.69) is 10.2 Å². The van der Waals surface area contributed by atoms with Gasteiger partial charge in [0.1, 0.15) is 11.4 Å². The molecule has 3 N–H and O–H groups in total. The van der Waals surface area contributed by atoms with Gasteiger partial charge in [0.05, 0.1) is 11.4 Å². The molecule has 3 aromatic rings. The monoisotopic (exact) mass is 263 g/mol. The molecule has 3 aromatic carbocycles. The third-order valence-electron chi connectivity index (χ3n) is 3.05. The van der Waals surface area contributed by atoms with Crippen molar-refractivity contribution in [3.63, 3.8) is 0 Å². The number of rotatable bonds is 2. The van der Waals surface area contributed by atoms with Crippen molar-refractivity contribution in [1.82, 2.24) is 0 Å². The summed E-state index contributed by atoms with van der Waals surface area (Å²) in [5.41, 5.74) is 7.96. The number of nitrogen functional groups attached to an aromatic ring is 1. The Labute approximate surface area is 116 Å². The number of azo groups is 1. The lowest BCUT2D eigenvalue weighted by atomic mass is 10.1. The number of hydrogen-bond donors (Lipinski definition) is 2. The quantitative estimate of drug-likeness (QED) is 0.526. The average Bonchev–Trinajstić information content (AvgIpc) is 2.48. The molecular formula is C16H13N3O. The summed E-state index contributed by atoms with van der Waals surface area (Å²) in [6.45, 7) is 0. The largest absolute Gasteiger partial charge is 0.508 e. The van der Waals surface area contributed by atoms with Gasteiger partial charge < -0.3 is 10.8 Å². The van der Waals surface area contributed by atoms with E-state index in [9.17, 15) is 5.11 Å². The lowest BCUT2D eigenvalue weighted by Crippen LogP contribution is -1.87. The van der Waals surface area contributed by atoms with Crippen LogP contribution in [0.25, 0.3) is 10.8 Å². The van der Waals surface area contributed by atoms with Crippen LogP contribution in [0.1, 0.15) is 0 Å². The maximum atomic E-state index is 9.54. The first kappa shape index (κ1) is 12.2. The van der Waals surface area contributed by atoms with Crippen LogP contribution in [0.5, 0.6) is 5.75 Å². The van der Waals surface area contributed by atoms with Crippen molar-refractivity contribution in [3.05, 3.63) is 60.7 Å². The SMILES string of the molecule is Nc1c(N=Nc2ccccc2)ccc2ccc(O)cc12. The van der Waals surface area contributed by atoms with Gasteiger partial charge in [-0.15, -0.1) is 5.11 Å². The van der Waals surface area contributed by atoms with Crippen molar-refractivity contribution in [2.45, 2.75) is 0 Å². The number of hydrogen-bond acceptors (Lipinski definition) is 4. The van der Waals surface area contributed by atoms with Gasteiger partial charge in [-0.1, -0.05) is 30.3 Å². The number of phenols is 1. The third-order valence-corrected chi connectivity index (χ3v) is 3.05. The average molecular weight is 263 g/mol. The fourth-order valence-electron chi connectivity index (χ4n) is 2.01. The number of benzene rings is 3. The summed E-state index contributed by atoms with van der Waals surface area (Å²) >= 11 is 0. The highest BCUT2D eigenvalue weighted by Crippen LogP contribution is 2.33. The molecule has 0 unspecified atom stereocenters. The minimum absolute atomic E-state index is 0.182. The fourth-order valence-corrected chi connectivity index (χ4v) is 2.01. The molecule has 0 aliphatic rings. The van der Waals surface area contributed by atoms with Crippen LogP contribution in [0.3, 0.4) is 0 Å². The molecule has 0 radical (unpaired) electrons. The maximum absolute atomic E-state index is 9.54. The summed E-state index contributed by atoms with van der Waals surface area (Å²) in [6, 6.07) is 18.3. The summed E-state index contributed by atoms with van der Waals surface area (Å²) < 4.78 is 0. The maximum Gasteiger partial charge on any atom is 0.116 e. The van der Waals surface area contributed by atoms with Gasteiger partial charge in [0.15, 0.2) is 0 Å². The van der Waals surface area contributed by atoms with Crippen LogP contribution in [0.4, 0.5) is 17.1 Å². The van der Waals surface area contributed by atoms with Crippen LogP contribution in [-0.2, 0) is 0 Å². The Balaban J connectivity index is 2.04. The van der Waals surface area contributed by atoms with Crippen LogP contribution >= 0.6 is 0 Å². The molecule has 98 valence electrons. The van der Waals surface area contributed by atoms with Crippen molar-refractivity contribution in [1.29, 1.82) is 0 Å². The summed E-state index contributed by atoms with van der Waals surface area (Å²) in [7, 11) is 0. The molecule has 0 heterocycles. The molecule has 0 saturated carbocycles. The van der Waals surface area contributed by atoms with E-state index < -0.39 is 0 Å². The smallest absolute Gasteiger partial charge is 0.116 e. The predicted molar refractivity (Wildman–Crippen MR) is 80.6 cm³/mol. The zero-order valence-electron chi connectivity index (χ0n) is 10.7. The van der Waals surface area contributed by atoms with Crippen LogP contribution in [0, 0.1) is 0 Å². The zero-order valence-corrected chi connectivity index (χ0v) is 10.7. The summed E-state index contributed by atoms with van der Waals surface area (Å²) in [4.78, 5) is 0. The molecular weight excluding hydrogens is 250 g/mol. The fraction of sp³-hybridized carbons (Fsp3) is 0. The second-order valence-corrected chi connectivity index (χ2v) is 4.44. The number of nitrogens with zero attached hydrogens (tertiary/aromatic N) is 2. The molecule has 0 atom stereocenters. The van der Waals surface area contributed by atoms with Gasteiger partial charge in [0, 0.05) is 5.39 Å². The van der Waals surface area contributed by atoms with E-state index >= 15 is 0 Å². The number of anilines is 1. The zero-order chi connectivity index (χ0) is 13.9. The van der Waals surface area contributed by atoms with E-state index in [0.717, 1.165) is 16.5 Å². The van der Waals surface area contributed by atoms with E-state index in [0.29, 0.717) is 11.4 Å². The van der Waals surface area contributed by atoms with Crippen molar-refractivity contribution < 1.29 is 5.11 Å². The molecule has 0 aliphatic carbocycles. The highest BCUT2D eigenvalue weighted by Gasteiger charge is 2.04. The van der Waals surface area contributed by atoms with Crippen LogP contribution in [0.15, 0.2) is 70.9 Å². The van der Waals surface area contributed by atoms with Gasteiger partial charge >= 0.3 is 0 Å². The molecule has 0 amide bonds. The number of phenolic OH excluding ortho intramolecular Hbond substituents is 1. The molecule has 0 aliphatic heterocycles. The molecule has 20 heavy (non-hydrogen) atoms. The topological polar surface area (TPSA) is 71.0 Å². The van der Waals surface area contributed by atoms with Crippen LogP contribution in [0.2, 0.25) is 0 Å². The first-order valence-corrected chi connectivity index (χ1v) is 6.22. The Morgan fingerprint density at radius 2 is 1.60 bits per heavy atom. The van der Waals surface area contributed by atoms with E-state index in [1.165, 1.54) is 0 Å². The second kappa shape index (κ2) is 5.01. The molecule has 0 bridgehead atoms. The summed E-state index contributed by atoms with van der Waals surface area (Å²) in [5, 5.41) is 19.6. The van der Waals surface area contributed by atoms with E-state index in [-0.39, 0.29) is 5.75 Å². The molecule has 0 saturated heterocycles. The molecule has 3 rings (SSSR count). The highest BCUT2D eigenvalue weighted by atomic mass is 16.3. The van der Waals surface area contributed by atoms with Crippen molar-refractivity contribution in [2.24, 2.45) is 10.2 Å². The summed E-state index contributed by atoms with van der Waals surface area (Å²) in [6.07, 6.45) is 0. The Kier molecular flexibility index (Phi) is 3.05. The standard InChI is InChI=1S/C16H13N3O/c17-16-14-10-13(20)8-6-11(14)7-9-15(16)19-18-12-4-2-1-3-5-12/h1-10,20H,17H2. The van der Waals surface area contributed by atoms with E-state index in [4.69, 9.17) is 5.73 Å². The number of fused-ring (bicyclic) bond motifs is 1. The van der Waals surface area contributed by atoms with Crippen molar-refractivity contribution in [2.75, 3.05) is 5.73 Å². The lowest BCUT2D eigenvalue weighted by molar-refractivity contribution is 0.476. The second-order valence-electron chi connectivity index (χ2n) is 4.44. The Morgan fingerprint density at radius 3 is 2.40 bits per heavy atom. The first-order valence-electron chi connectivity index (χ1n) is 6.22. The van der Waals surface area contributed by atoms with Gasteiger partial charge in [-0.2, -0.15) is 5.11 Å². The number of nitrogens with two attached hydrogens (primary N) is 1. The minimum atomic E-state index is 0.182. The molecule has 4 heteroatoms. The van der Waals surface area contributed by atoms with Crippen LogP contribution in [-0.4, -0.2) is 5.11 Å². The molecule has 0 spiro atoms. The Morgan fingerprint density at radius 1 is 0.850 bits per heavy atom. The van der Waals surface area contributed by atoms with Crippen molar-refractivity contribution >= 4 is 27.8 Å². The van der Waals surface area contributed by atoms with Crippen molar-refractivity contribution in [3.8, 4) is 5.75 Å².